The first kappa shape index (κ1) is 13.5. The van der Waals surface area contributed by atoms with Gasteiger partial charge in [0.2, 0.25) is 0 Å². The number of hydrogen-bond donors (Lipinski definition) is 1. The van der Waals surface area contributed by atoms with E-state index < -0.39 is 0 Å². The lowest BCUT2D eigenvalue weighted by molar-refractivity contribution is -0.118. The second-order valence-electron chi connectivity index (χ2n) is 4.68. The Hall–Kier alpha value is -0.900. The van der Waals surface area contributed by atoms with Crippen LogP contribution in [-0.2, 0) is 9.53 Å². The zero-order valence-corrected chi connectivity index (χ0v) is 11.2. The van der Waals surface area contributed by atoms with E-state index in [9.17, 15) is 4.79 Å². The van der Waals surface area contributed by atoms with Crippen LogP contribution in [-0.4, -0.2) is 31.6 Å². The van der Waals surface area contributed by atoms with Crippen molar-refractivity contribution >= 4 is 17.4 Å². The van der Waals surface area contributed by atoms with Crippen molar-refractivity contribution in [2.75, 3.05) is 19.8 Å². The Morgan fingerprint density at radius 1 is 1.50 bits per heavy atom. The minimum atomic E-state index is -0.108. The number of carbonyl (C=O) groups excluding carboxylic acids is 1. The normalized spacial score (nSPS) is 20.9. The van der Waals surface area contributed by atoms with Gasteiger partial charge in [0.15, 0.2) is 0 Å². The first-order valence-electron chi connectivity index (χ1n) is 6.24. The molecule has 1 aromatic rings. The molecule has 2 atom stereocenters. The molecular formula is C14H18ClNO2. The van der Waals surface area contributed by atoms with Crippen LogP contribution >= 0.6 is 11.6 Å². The maximum Gasteiger partial charge on any atom is 0.138 e. The Morgan fingerprint density at radius 2 is 2.22 bits per heavy atom. The van der Waals surface area contributed by atoms with Crippen molar-refractivity contribution in [3.05, 3.63) is 34.9 Å². The summed E-state index contributed by atoms with van der Waals surface area (Å²) in [5.74, 6) is 0.0617. The Kier molecular flexibility index (Phi) is 4.75. The Morgan fingerprint density at radius 3 is 2.78 bits per heavy atom. The zero-order chi connectivity index (χ0) is 13.0. The van der Waals surface area contributed by atoms with Crippen molar-refractivity contribution in [2.24, 2.45) is 0 Å². The molecule has 0 saturated carbocycles. The Bertz CT molecular complexity index is 399. The van der Waals surface area contributed by atoms with Gasteiger partial charge in [-0.25, -0.2) is 0 Å². The van der Waals surface area contributed by atoms with E-state index in [2.05, 4.69) is 5.32 Å². The highest BCUT2D eigenvalue weighted by atomic mass is 35.5. The highest BCUT2D eigenvalue weighted by molar-refractivity contribution is 6.30. The number of Topliss-reactive ketones (excluding diaryl/α,β-unsaturated/α-hetero) is 1. The van der Waals surface area contributed by atoms with Gasteiger partial charge in [0, 0.05) is 24.2 Å². The van der Waals surface area contributed by atoms with E-state index in [0.29, 0.717) is 17.6 Å². The third-order valence-electron chi connectivity index (χ3n) is 3.30. The lowest BCUT2D eigenvalue weighted by atomic mass is 9.95. The van der Waals surface area contributed by atoms with E-state index in [0.717, 1.165) is 25.2 Å². The van der Waals surface area contributed by atoms with Gasteiger partial charge in [-0.2, -0.15) is 0 Å². The molecule has 1 saturated heterocycles. The monoisotopic (exact) mass is 267 g/mol. The smallest absolute Gasteiger partial charge is 0.138 e. The van der Waals surface area contributed by atoms with Crippen molar-refractivity contribution in [1.82, 2.24) is 5.32 Å². The molecule has 2 rings (SSSR count). The van der Waals surface area contributed by atoms with E-state index in [1.165, 1.54) is 0 Å². The summed E-state index contributed by atoms with van der Waals surface area (Å²) >= 11 is 5.86. The van der Waals surface area contributed by atoms with Crippen LogP contribution in [0, 0.1) is 0 Å². The average molecular weight is 268 g/mol. The molecule has 1 heterocycles. The van der Waals surface area contributed by atoms with E-state index in [4.69, 9.17) is 16.3 Å². The van der Waals surface area contributed by atoms with Gasteiger partial charge in [-0.05, 0) is 31.0 Å². The average Bonchev–Trinajstić information content (AvgIpc) is 2.84. The number of ketones is 1. The molecule has 1 aliphatic rings. The fourth-order valence-electron chi connectivity index (χ4n) is 2.17. The molecule has 4 heteroatoms. The third-order valence-corrected chi connectivity index (χ3v) is 3.56. The standard InChI is InChI=1S/C14H18ClNO2/c1-10(17)14(8-16-13-6-7-18-9-13)11-2-4-12(15)5-3-11/h2-5,13-14,16H,6-9H2,1H3/t13?,14-/m0/s1. The molecule has 0 spiro atoms. The summed E-state index contributed by atoms with van der Waals surface area (Å²) in [6.07, 6.45) is 1.02. The van der Waals surface area contributed by atoms with Crippen LogP contribution in [0.25, 0.3) is 0 Å². The number of benzene rings is 1. The van der Waals surface area contributed by atoms with Crippen LogP contribution in [0.5, 0.6) is 0 Å². The molecular weight excluding hydrogens is 250 g/mol. The van der Waals surface area contributed by atoms with Crippen molar-refractivity contribution in [1.29, 1.82) is 0 Å². The zero-order valence-electron chi connectivity index (χ0n) is 10.5. The van der Waals surface area contributed by atoms with Gasteiger partial charge in [0.1, 0.15) is 5.78 Å². The summed E-state index contributed by atoms with van der Waals surface area (Å²) in [5, 5.41) is 4.09. The predicted octanol–water partition coefficient (Wildman–Crippen LogP) is 2.39. The largest absolute Gasteiger partial charge is 0.380 e. The summed E-state index contributed by atoms with van der Waals surface area (Å²) in [7, 11) is 0. The molecule has 0 amide bonds. The van der Waals surface area contributed by atoms with Crippen molar-refractivity contribution in [2.45, 2.75) is 25.3 Å². The minimum absolute atomic E-state index is 0.108. The number of carbonyl (C=O) groups is 1. The van der Waals surface area contributed by atoms with Crippen LogP contribution < -0.4 is 5.32 Å². The molecule has 1 aromatic carbocycles. The first-order chi connectivity index (χ1) is 8.66. The predicted molar refractivity (Wildman–Crippen MR) is 72.1 cm³/mol. The Balaban J connectivity index is 1.99. The van der Waals surface area contributed by atoms with E-state index in [-0.39, 0.29) is 11.7 Å². The highest BCUT2D eigenvalue weighted by Gasteiger charge is 2.20. The molecule has 1 N–H and O–H groups in total. The summed E-state index contributed by atoms with van der Waals surface area (Å²) in [4.78, 5) is 11.7. The van der Waals surface area contributed by atoms with Crippen LogP contribution in [0.15, 0.2) is 24.3 Å². The topological polar surface area (TPSA) is 38.3 Å². The van der Waals surface area contributed by atoms with Crippen molar-refractivity contribution in [3.8, 4) is 0 Å². The first-order valence-corrected chi connectivity index (χ1v) is 6.61. The maximum atomic E-state index is 11.7. The van der Waals surface area contributed by atoms with Gasteiger partial charge in [-0.3, -0.25) is 4.79 Å². The number of halogens is 1. The number of nitrogens with one attached hydrogen (secondary N) is 1. The molecule has 0 aliphatic carbocycles. The minimum Gasteiger partial charge on any atom is -0.380 e. The van der Waals surface area contributed by atoms with Gasteiger partial charge in [-0.1, -0.05) is 23.7 Å². The molecule has 0 aromatic heterocycles. The van der Waals surface area contributed by atoms with E-state index in [1.807, 2.05) is 24.3 Å². The summed E-state index contributed by atoms with van der Waals surface area (Å²) < 4.78 is 5.31. The lowest BCUT2D eigenvalue weighted by Gasteiger charge is -2.18. The molecule has 98 valence electrons. The van der Waals surface area contributed by atoms with Crippen LogP contribution in [0.2, 0.25) is 5.02 Å². The van der Waals surface area contributed by atoms with Crippen LogP contribution in [0.3, 0.4) is 0 Å². The number of hydrogen-bond acceptors (Lipinski definition) is 3. The fraction of sp³-hybridized carbons (Fsp3) is 0.500. The molecule has 3 nitrogen and oxygen atoms in total. The second-order valence-corrected chi connectivity index (χ2v) is 5.12. The molecule has 0 radical (unpaired) electrons. The third kappa shape index (κ3) is 3.55. The highest BCUT2D eigenvalue weighted by Crippen LogP contribution is 2.19. The molecule has 1 fully saturated rings. The van der Waals surface area contributed by atoms with Gasteiger partial charge < -0.3 is 10.1 Å². The molecule has 1 aliphatic heterocycles. The second kappa shape index (κ2) is 6.32. The summed E-state index contributed by atoms with van der Waals surface area (Å²) in [6, 6.07) is 7.86. The van der Waals surface area contributed by atoms with Gasteiger partial charge in [-0.15, -0.1) is 0 Å². The lowest BCUT2D eigenvalue weighted by Crippen LogP contribution is -2.34. The maximum absolute atomic E-state index is 11.7. The number of rotatable bonds is 5. The van der Waals surface area contributed by atoms with E-state index in [1.54, 1.807) is 6.92 Å². The van der Waals surface area contributed by atoms with Crippen LogP contribution in [0.4, 0.5) is 0 Å². The van der Waals surface area contributed by atoms with Gasteiger partial charge >= 0.3 is 0 Å². The van der Waals surface area contributed by atoms with Crippen molar-refractivity contribution in [3.63, 3.8) is 0 Å². The molecule has 0 bridgehead atoms. The number of ether oxygens (including phenoxy) is 1. The summed E-state index contributed by atoms with van der Waals surface area (Å²) in [5.41, 5.74) is 1.01. The molecule has 18 heavy (non-hydrogen) atoms. The van der Waals surface area contributed by atoms with Crippen molar-refractivity contribution < 1.29 is 9.53 Å². The van der Waals surface area contributed by atoms with Gasteiger partial charge in [0.25, 0.3) is 0 Å². The SMILES string of the molecule is CC(=O)[C@H](CNC1CCOC1)c1ccc(Cl)cc1. The summed E-state index contributed by atoms with van der Waals surface area (Å²) in [6.45, 7) is 3.84. The van der Waals surface area contributed by atoms with E-state index >= 15 is 0 Å². The Labute approximate surface area is 112 Å². The fourth-order valence-corrected chi connectivity index (χ4v) is 2.30. The van der Waals surface area contributed by atoms with Crippen LogP contribution in [0.1, 0.15) is 24.8 Å². The molecule has 1 unspecified atom stereocenters. The quantitative estimate of drug-likeness (QED) is 0.890. The van der Waals surface area contributed by atoms with Gasteiger partial charge in [0.05, 0.1) is 12.5 Å².